The van der Waals surface area contributed by atoms with Crippen molar-refractivity contribution in [2.45, 2.75) is 0 Å². The highest BCUT2D eigenvalue weighted by atomic mass is 16.3. The molecule has 2 aromatic rings. The molecule has 0 aliphatic heterocycles. The van der Waals surface area contributed by atoms with Crippen LogP contribution in [0.5, 0.6) is 5.75 Å². The van der Waals surface area contributed by atoms with Crippen molar-refractivity contribution >= 4 is 5.69 Å². The summed E-state index contributed by atoms with van der Waals surface area (Å²) in [6, 6.07) is 14.7. The molecule has 2 nitrogen and oxygen atoms in total. The van der Waals surface area contributed by atoms with Gasteiger partial charge < -0.3 is 10.8 Å². The Morgan fingerprint density at radius 1 is 0.857 bits per heavy atom. The number of phenols is 1. The number of anilines is 1. The second kappa shape index (κ2) is 3.42. The quantitative estimate of drug-likeness (QED) is 0.671. The van der Waals surface area contributed by atoms with Crippen LogP contribution in [0.1, 0.15) is 0 Å². The second-order valence-corrected chi connectivity index (χ2v) is 3.17. The molecule has 70 valence electrons. The Kier molecular flexibility index (Phi) is 2.11. The predicted molar refractivity (Wildman–Crippen MR) is 58.0 cm³/mol. The average Bonchev–Trinajstić information content (AvgIpc) is 2.19. The second-order valence-electron chi connectivity index (χ2n) is 3.17. The number of nitrogens with two attached hydrogens (primary N) is 1. The number of nitrogen functional groups attached to an aromatic ring is 1. The van der Waals surface area contributed by atoms with Crippen LogP contribution in [-0.2, 0) is 0 Å². The minimum Gasteiger partial charge on any atom is -0.508 e. The molecule has 0 spiro atoms. The summed E-state index contributed by atoms with van der Waals surface area (Å²) < 4.78 is 0. The van der Waals surface area contributed by atoms with Crippen molar-refractivity contribution in [3.8, 4) is 16.9 Å². The van der Waals surface area contributed by atoms with E-state index in [-0.39, 0.29) is 5.75 Å². The molecule has 0 aliphatic rings. The van der Waals surface area contributed by atoms with Gasteiger partial charge in [-0.3, -0.25) is 0 Å². The van der Waals surface area contributed by atoms with E-state index in [4.69, 9.17) is 5.73 Å². The minimum atomic E-state index is 0.277. The average molecular weight is 185 g/mol. The highest BCUT2D eigenvalue weighted by Gasteiger charge is 1.97. The largest absolute Gasteiger partial charge is 0.508 e. The fourth-order valence-electron chi connectivity index (χ4n) is 1.36. The molecule has 0 heterocycles. The first-order valence-electron chi connectivity index (χ1n) is 4.41. The maximum Gasteiger partial charge on any atom is 0.116 e. The number of phenolic OH excluding ortho intramolecular Hbond substituents is 1. The Bertz CT molecular complexity index is 434. The van der Waals surface area contributed by atoms with E-state index in [1.54, 1.807) is 12.1 Å². The van der Waals surface area contributed by atoms with Crippen LogP contribution < -0.4 is 5.73 Å². The molecule has 0 aliphatic carbocycles. The molecule has 0 saturated heterocycles. The molecule has 0 saturated carbocycles. The first kappa shape index (κ1) is 8.63. The van der Waals surface area contributed by atoms with Crippen LogP contribution in [0.4, 0.5) is 5.69 Å². The smallest absolute Gasteiger partial charge is 0.116 e. The van der Waals surface area contributed by atoms with E-state index >= 15 is 0 Å². The van der Waals surface area contributed by atoms with Crippen LogP contribution in [0, 0.1) is 0 Å². The van der Waals surface area contributed by atoms with Crippen molar-refractivity contribution in [2.75, 3.05) is 5.73 Å². The lowest BCUT2D eigenvalue weighted by atomic mass is 10.1. The van der Waals surface area contributed by atoms with Crippen molar-refractivity contribution < 1.29 is 5.11 Å². The van der Waals surface area contributed by atoms with Crippen molar-refractivity contribution in [2.24, 2.45) is 0 Å². The summed E-state index contributed by atoms with van der Waals surface area (Å²) in [6.07, 6.45) is 0. The summed E-state index contributed by atoms with van der Waals surface area (Å²) in [4.78, 5) is 0. The maximum absolute atomic E-state index is 9.30. The molecule has 0 fully saturated rings. The first-order valence-corrected chi connectivity index (χ1v) is 4.41. The van der Waals surface area contributed by atoms with Crippen LogP contribution in [0.3, 0.4) is 0 Å². The zero-order valence-corrected chi connectivity index (χ0v) is 7.64. The van der Waals surface area contributed by atoms with Crippen molar-refractivity contribution in [3.05, 3.63) is 48.5 Å². The zero-order valence-electron chi connectivity index (χ0n) is 7.64. The van der Waals surface area contributed by atoms with Gasteiger partial charge in [0.15, 0.2) is 0 Å². The van der Waals surface area contributed by atoms with Gasteiger partial charge in [-0.1, -0.05) is 24.3 Å². The van der Waals surface area contributed by atoms with Gasteiger partial charge in [0.1, 0.15) is 5.75 Å². The van der Waals surface area contributed by atoms with Gasteiger partial charge in [-0.05, 0) is 35.4 Å². The van der Waals surface area contributed by atoms with Gasteiger partial charge in [0.2, 0.25) is 0 Å². The summed E-state index contributed by atoms with van der Waals surface area (Å²) in [5, 5.41) is 9.30. The van der Waals surface area contributed by atoms with Gasteiger partial charge in [0, 0.05) is 5.69 Å². The molecule has 3 N–H and O–H groups in total. The monoisotopic (exact) mass is 185 g/mol. The lowest BCUT2D eigenvalue weighted by molar-refractivity contribution is 0.475. The topological polar surface area (TPSA) is 46.2 Å². The molecule has 0 radical (unpaired) electrons. The van der Waals surface area contributed by atoms with E-state index in [9.17, 15) is 5.11 Å². The number of hydrogen-bond acceptors (Lipinski definition) is 2. The Hall–Kier alpha value is -1.96. The highest BCUT2D eigenvalue weighted by molar-refractivity contribution is 5.66. The predicted octanol–water partition coefficient (Wildman–Crippen LogP) is 2.64. The molecular formula is C12H11NO. The number of benzene rings is 2. The fourth-order valence-corrected chi connectivity index (χ4v) is 1.36. The first-order chi connectivity index (χ1) is 6.75. The Morgan fingerprint density at radius 3 is 2.21 bits per heavy atom. The van der Waals surface area contributed by atoms with Crippen LogP contribution in [0.2, 0.25) is 0 Å². The van der Waals surface area contributed by atoms with Crippen LogP contribution in [0.15, 0.2) is 48.5 Å². The summed E-state index contributed by atoms with van der Waals surface area (Å²) in [5.41, 5.74) is 8.37. The lowest BCUT2D eigenvalue weighted by Gasteiger charge is -2.02. The van der Waals surface area contributed by atoms with Crippen molar-refractivity contribution in [3.63, 3.8) is 0 Å². The molecule has 14 heavy (non-hydrogen) atoms. The van der Waals surface area contributed by atoms with E-state index in [0.717, 1.165) is 16.8 Å². The molecule has 2 heteroatoms. The summed E-state index contributed by atoms with van der Waals surface area (Å²) in [5.74, 6) is 0.277. The lowest BCUT2D eigenvalue weighted by Crippen LogP contribution is -1.83. The summed E-state index contributed by atoms with van der Waals surface area (Å²) in [6.45, 7) is 0. The minimum absolute atomic E-state index is 0.277. The van der Waals surface area contributed by atoms with Gasteiger partial charge in [0.25, 0.3) is 0 Å². The molecule has 0 aromatic heterocycles. The standard InChI is InChI=1S/C12H11NO/c13-11-6-4-9(5-7-11)10-2-1-3-12(14)8-10/h1-8,14H,13H2. The third kappa shape index (κ3) is 1.69. The van der Waals surface area contributed by atoms with Gasteiger partial charge >= 0.3 is 0 Å². The summed E-state index contributed by atoms with van der Waals surface area (Å²) >= 11 is 0. The Morgan fingerprint density at radius 2 is 1.57 bits per heavy atom. The maximum atomic E-state index is 9.30. The SMILES string of the molecule is Nc1ccc(-c2cccc(O)c2)cc1. The molecule has 2 aromatic carbocycles. The molecule has 2 rings (SSSR count). The van der Waals surface area contributed by atoms with Crippen LogP contribution >= 0.6 is 0 Å². The van der Waals surface area contributed by atoms with Crippen LogP contribution in [0.25, 0.3) is 11.1 Å². The zero-order chi connectivity index (χ0) is 9.97. The Balaban J connectivity index is 2.44. The normalized spacial score (nSPS) is 10.0. The molecule has 0 atom stereocenters. The third-order valence-corrected chi connectivity index (χ3v) is 2.09. The van der Waals surface area contributed by atoms with Gasteiger partial charge in [0.05, 0.1) is 0 Å². The van der Waals surface area contributed by atoms with Gasteiger partial charge in [-0.15, -0.1) is 0 Å². The van der Waals surface area contributed by atoms with Crippen LogP contribution in [-0.4, -0.2) is 5.11 Å². The number of aromatic hydroxyl groups is 1. The molecular weight excluding hydrogens is 174 g/mol. The van der Waals surface area contributed by atoms with Crippen molar-refractivity contribution in [1.82, 2.24) is 0 Å². The van der Waals surface area contributed by atoms with E-state index in [0.29, 0.717) is 0 Å². The van der Waals surface area contributed by atoms with Gasteiger partial charge in [-0.2, -0.15) is 0 Å². The molecule has 0 amide bonds. The van der Waals surface area contributed by atoms with Crippen molar-refractivity contribution in [1.29, 1.82) is 0 Å². The Labute approximate surface area is 82.6 Å². The molecule has 0 bridgehead atoms. The summed E-state index contributed by atoms with van der Waals surface area (Å²) in [7, 11) is 0. The van der Waals surface area contributed by atoms with E-state index < -0.39 is 0 Å². The van der Waals surface area contributed by atoms with Gasteiger partial charge in [-0.25, -0.2) is 0 Å². The molecule has 0 unspecified atom stereocenters. The number of hydrogen-bond donors (Lipinski definition) is 2. The van der Waals surface area contributed by atoms with E-state index in [1.165, 1.54) is 0 Å². The number of rotatable bonds is 1. The highest BCUT2D eigenvalue weighted by Crippen LogP contribution is 2.23. The van der Waals surface area contributed by atoms with E-state index in [2.05, 4.69) is 0 Å². The third-order valence-electron chi connectivity index (χ3n) is 2.09. The van der Waals surface area contributed by atoms with E-state index in [1.807, 2.05) is 36.4 Å². The fraction of sp³-hybridized carbons (Fsp3) is 0.